The molecule has 0 unspecified atom stereocenters. The Balaban J connectivity index is 3.74. The van der Waals surface area contributed by atoms with E-state index in [1.54, 1.807) is 0 Å². The van der Waals surface area contributed by atoms with Crippen molar-refractivity contribution in [1.82, 2.24) is 15.5 Å². The summed E-state index contributed by atoms with van der Waals surface area (Å²) in [7, 11) is 2.01. The molecule has 0 aliphatic carbocycles. The predicted molar refractivity (Wildman–Crippen MR) is 91.7 cm³/mol. The fourth-order valence-corrected chi connectivity index (χ4v) is 1.67. The van der Waals surface area contributed by atoms with Gasteiger partial charge in [0.25, 0.3) is 0 Å². The SMILES string of the molecule is CN(CCC(=O)NCCC(=O)NCCC(C)(C)C)C(C)(C)C. The molecule has 0 radical (unpaired) electrons. The lowest BCUT2D eigenvalue weighted by Crippen LogP contribution is -2.40. The van der Waals surface area contributed by atoms with E-state index in [1.807, 2.05) is 7.05 Å². The maximum atomic E-state index is 11.7. The van der Waals surface area contributed by atoms with E-state index < -0.39 is 0 Å². The lowest BCUT2D eigenvalue weighted by Gasteiger charge is -2.31. The standard InChI is InChI=1S/C17H35N3O2/c1-16(2,3)10-12-19-14(21)8-11-18-15(22)9-13-20(7)17(4,5)6/h8-13H2,1-7H3,(H,18,22)(H,19,21). The molecule has 0 aromatic heterocycles. The molecule has 5 heteroatoms. The summed E-state index contributed by atoms with van der Waals surface area (Å²) in [4.78, 5) is 25.5. The molecule has 5 nitrogen and oxygen atoms in total. The molecular weight excluding hydrogens is 278 g/mol. The molecule has 0 spiro atoms. The third-order valence-electron chi connectivity index (χ3n) is 3.69. The van der Waals surface area contributed by atoms with Crippen molar-refractivity contribution in [1.29, 1.82) is 0 Å². The number of amides is 2. The minimum atomic E-state index is -0.00337. The Hall–Kier alpha value is -1.10. The van der Waals surface area contributed by atoms with E-state index in [-0.39, 0.29) is 22.8 Å². The molecule has 0 saturated heterocycles. The maximum absolute atomic E-state index is 11.7. The van der Waals surface area contributed by atoms with Gasteiger partial charge in [-0.25, -0.2) is 0 Å². The minimum absolute atomic E-state index is 0.00130. The minimum Gasteiger partial charge on any atom is -0.356 e. The van der Waals surface area contributed by atoms with Crippen LogP contribution in [0.1, 0.15) is 60.8 Å². The van der Waals surface area contributed by atoms with Gasteiger partial charge in [-0.2, -0.15) is 0 Å². The van der Waals surface area contributed by atoms with Gasteiger partial charge >= 0.3 is 0 Å². The van der Waals surface area contributed by atoms with Crippen molar-refractivity contribution in [3.05, 3.63) is 0 Å². The van der Waals surface area contributed by atoms with Gasteiger partial charge in [-0.15, -0.1) is 0 Å². The van der Waals surface area contributed by atoms with Crippen molar-refractivity contribution < 1.29 is 9.59 Å². The van der Waals surface area contributed by atoms with Crippen LogP contribution in [-0.2, 0) is 9.59 Å². The largest absolute Gasteiger partial charge is 0.356 e. The third-order valence-corrected chi connectivity index (χ3v) is 3.69. The van der Waals surface area contributed by atoms with Gasteiger partial charge in [0.1, 0.15) is 0 Å². The summed E-state index contributed by atoms with van der Waals surface area (Å²) >= 11 is 0. The normalized spacial score (nSPS) is 12.4. The zero-order chi connectivity index (χ0) is 17.4. The molecule has 0 aromatic rings. The second-order valence-corrected chi connectivity index (χ2v) is 8.10. The summed E-state index contributed by atoms with van der Waals surface area (Å²) < 4.78 is 0. The summed E-state index contributed by atoms with van der Waals surface area (Å²) in [6.45, 7) is 14.6. The van der Waals surface area contributed by atoms with Crippen LogP contribution in [0.2, 0.25) is 0 Å². The quantitative estimate of drug-likeness (QED) is 0.722. The van der Waals surface area contributed by atoms with Crippen LogP contribution in [0.3, 0.4) is 0 Å². The zero-order valence-electron chi connectivity index (χ0n) is 15.5. The molecule has 2 amide bonds. The van der Waals surface area contributed by atoms with Gasteiger partial charge in [0.05, 0.1) is 0 Å². The average Bonchev–Trinajstić information content (AvgIpc) is 2.33. The molecule has 130 valence electrons. The van der Waals surface area contributed by atoms with Crippen LogP contribution in [0.25, 0.3) is 0 Å². The molecule has 2 N–H and O–H groups in total. The predicted octanol–water partition coefficient (Wildman–Crippen LogP) is 2.17. The number of carbonyl (C=O) groups is 2. The fourth-order valence-electron chi connectivity index (χ4n) is 1.67. The first-order chi connectivity index (χ1) is 9.92. The lowest BCUT2D eigenvalue weighted by atomic mass is 9.92. The Labute approximate surface area is 136 Å². The highest BCUT2D eigenvalue weighted by atomic mass is 16.2. The molecule has 0 saturated carbocycles. The number of carbonyl (C=O) groups excluding carboxylic acids is 2. The Morgan fingerprint density at radius 1 is 0.864 bits per heavy atom. The Morgan fingerprint density at radius 3 is 1.86 bits per heavy atom. The second-order valence-electron chi connectivity index (χ2n) is 8.10. The molecular formula is C17H35N3O2. The summed E-state index contributed by atoms with van der Waals surface area (Å²) in [5.41, 5.74) is 0.286. The summed E-state index contributed by atoms with van der Waals surface area (Å²) in [5.74, 6) is -0.00467. The van der Waals surface area contributed by atoms with E-state index in [9.17, 15) is 9.59 Å². The van der Waals surface area contributed by atoms with Gasteiger partial charge in [-0.1, -0.05) is 20.8 Å². The monoisotopic (exact) mass is 313 g/mol. The van der Waals surface area contributed by atoms with Crippen molar-refractivity contribution in [3.8, 4) is 0 Å². The topological polar surface area (TPSA) is 61.4 Å². The van der Waals surface area contributed by atoms with Gasteiger partial charge in [-0.05, 0) is 39.7 Å². The van der Waals surface area contributed by atoms with Crippen molar-refractivity contribution in [2.24, 2.45) is 5.41 Å². The maximum Gasteiger partial charge on any atom is 0.221 e. The molecule has 0 aliphatic heterocycles. The first-order valence-electron chi connectivity index (χ1n) is 8.16. The van der Waals surface area contributed by atoms with Gasteiger partial charge in [0, 0.05) is 38.0 Å². The first-order valence-corrected chi connectivity index (χ1v) is 8.16. The third kappa shape index (κ3) is 11.5. The van der Waals surface area contributed by atoms with Crippen LogP contribution in [0.5, 0.6) is 0 Å². The Morgan fingerprint density at radius 2 is 1.36 bits per heavy atom. The molecule has 0 atom stereocenters. The molecule has 0 heterocycles. The van der Waals surface area contributed by atoms with E-state index in [4.69, 9.17) is 0 Å². The van der Waals surface area contributed by atoms with E-state index in [0.717, 1.165) is 6.42 Å². The van der Waals surface area contributed by atoms with E-state index in [1.165, 1.54) is 0 Å². The number of nitrogens with zero attached hydrogens (tertiary/aromatic N) is 1. The van der Waals surface area contributed by atoms with Crippen molar-refractivity contribution in [2.45, 2.75) is 66.3 Å². The molecule has 22 heavy (non-hydrogen) atoms. The fraction of sp³-hybridized carbons (Fsp3) is 0.882. The van der Waals surface area contributed by atoms with Crippen LogP contribution in [0.4, 0.5) is 0 Å². The van der Waals surface area contributed by atoms with Gasteiger partial charge in [0.2, 0.25) is 11.8 Å². The van der Waals surface area contributed by atoms with E-state index >= 15 is 0 Å². The number of hydrogen-bond donors (Lipinski definition) is 2. The molecule has 0 aliphatic rings. The van der Waals surface area contributed by atoms with Crippen molar-refractivity contribution in [2.75, 3.05) is 26.7 Å². The smallest absolute Gasteiger partial charge is 0.221 e. The number of rotatable bonds is 8. The van der Waals surface area contributed by atoms with Gasteiger partial charge in [0.15, 0.2) is 0 Å². The van der Waals surface area contributed by atoms with Gasteiger partial charge in [-0.3, -0.25) is 9.59 Å². The summed E-state index contributed by atoms with van der Waals surface area (Å²) in [6.07, 6.45) is 1.74. The van der Waals surface area contributed by atoms with Crippen LogP contribution < -0.4 is 10.6 Å². The van der Waals surface area contributed by atoms with E-state index in [0.29, 0.717) is 32.5 Å². The highest BCUT2D eigenvalue weighted by Crippen LogP contribution is 2.16. The molecule has 0 aromatic carbocycles. The highest BCUT2D eigenvalue weighted by Gasteiger charge is 2.17. The summed E-state index contributed by atoms with van der Waals surface area (Å²) in [6, 6.07) is 0. The molecule has 0 bridgehead atoms. The van der Waals surface area contributed by atoms with Crippen LogP contribution in [0.15, 0.2) is 0 Å². The summed E-state index contributed by atoms with van der Waals surface area (Å²) in [5, 5.41) is 5.69. The van der Waals surface area contributed by atoms with Crippen LogP contribution in [-0.4, -0.2) is 48.9 Å². The average molecular weight is 313 g/mol. The lowest BCUT2D eigenvalue weighted by molar-refractivity contribution is -0.122. The van der Waals surface area contributed by atoms with Crippen molar-refractivity contribution in [3.63, 3.8) is 0 Å². The van der Waals surface area contributed by atoms with E-state index in [2.05, 4.69) is 57.1 Å². The Bertz CT molecular complexity index is 354. The Kier molecular flexibility index (Phi) is 8.68. The highest BCUT2D eigenvalue weighted by molar-refractivity contribution is 5.79. The van der Waals surface area contributed by atoms with Crippen LogP contribution >= 0.6 is 0 Å². The van der Waals surface area contributed by atoms with Crippen LogP contribution in [0, 0.1) is 5.41 Å². The van der Waals surface area contributed by atoms with Gasteiger partial charge < -0.3 is 15.5 Å². The second kappa shape index (κ2) is 9.13. The number of hydrogen-bond acceptors (Lipinski definition) is 3. The first kappa shape index (κ1) is 20.9. The zero-order valence-corrected chi connectivity index (χ0v) is 15.5. The number of nitrogens with one attached hydrogen (secondary N) is 2. The van der Waals surface area contributed by atoms with Crippen molar-refractivity contribution >= 4 is 11.8 Å². The molecule has 0 fully saturated rings. The molecule has 0 rings (SSSR count).